The summed E-state index contributed by atoms with van der Waals surface area (Å²) in [4.78, 5) is 29.4. The standard InChI is InChI=1S/C19H27N3O2/c1-14(2)8-9-21-10-11-22-17(13-21)18(23)20-16(19(22)24)12-15-6-4-3-5-7-15/h3-7,14,16-17H,8-13H2,1-2H3,(H,20,23)/t16-,17-/m1/s1. The number of piperazine rings is 2. The number of nitrogens with one attached hydrogen (secondary N) is 1. The Morgan fingerprint density at radius 1 is 1.17 bits per heavy atom. The molecule has 2 fully saturated rings. The summed E-state index contributed by atoms with van der Waals surface area (Å²) in [6.07, 6.45) is 1.69. The second-order valence-electron chi connectivity index (χ2n) is 7.28. The molecule has 2 aliphatic heterocycles. The van der Waals surface area contributed by atoms with Crippen LogP contribution in [0.3, 0.4) is 0 Å². The van der Waals surface area contributed by atoms with Crippen LogP contribution in [0.5, 0.6) is 0 Å². The quantitative estimate of drug-likeness (QED) is 0.885. The van der Waals surface area contributed by atoms with Crippen LogP contribution in [0.25, 0.3) is 0 Å². The average Bonchev–Trinajstić information content (AvgIpc) is 2.58. The summed E-state index contributed by atoms with van der Waals surface area (Å²) in [7, 11) is 0. The van der Waals surface area contributed by atoms with Crippen LogP contribution < -0.4 is 5.32 Å². The van der Waals surface area contributed by atoms with Crippen LogP contribution in [0.2, 0.25) is 0 Å². The summed E-state index contributed by atoms with van der Waals surface area (Å²) < 4.78 is 0. The van der Waals surface area contributed by atoms with Gasteiger partial charge >= 0.3 is 0 Å². The normalized spacial score (nSPS) is 24.9. The van der Waals surface area contributed by atoms with E-state index in [0.29, 0.717) is 25.4 Å². The molecule has 130 valence electrons. The van der Waals surface area contributed by atoms with Crippen molar-refractivity contribution in [2.24, 2.45) is 5.92 Å². The molecule has 0 aromatic heterocycles. The molecule has 0 unspecified atom stereocenters. The van der Waals surface area contributed by atoms with E-state index in [1.54, 1.807) is 4.90 Å². The second kappa shape index (κ2) is 7.34. The molecule has 2 aliphatic rings. The van der Waals surface area contributed by atoms with Crippen LogP contribution in [0.4, 0.5) is 0 Å². The van der Waals surface area contributed by atoms with Gasteiger partial charge in [-0.15, -0.1) is 0 Å². The van der Waals surface area contributed by atoms with Gasteiger partial charge in [0.15, 0.2) is 0 Å². The first-order valence-electron chi connectivity index (χ1n) is 8.91. The number of rotatable bonds is 5. The molecule has 24 heavy (non-hydrogen) atoms. The van der Waals surface area contributed by atoms with E-state index in [9.17, 15) is 9.59 Å². The predicted octanol–water partition coefficient (Wildman–Crippen LogP) is 1.29. The first-order valence-corrected chi connectivity index (χ1v) is 8.91. The maximum absolute atomic E-state index is 12.8. The molecule has 1 aromatic rings. The number of carbonyl (C=O) groups excluding carboxylic acids is 2. The van der Waals surface area contributed by atoms with Gasteiger partial charge in [0.2, 0.25) is 11.8 Å². The van der Waals surface area contributed by atoms with Crippen LogP contribution >= 0.6 is 0 Å². The topological polar surface area (TPSA) is 52.6 Å². The molecular formula is C19H27N3O2. The molecule has 5 nitrogen and oxygen atoms in total. The minimum Gasteiger partial charge on any atom is -0.342 e. The number of benzene rings is 1. The molecule has 1 aromatic carbocycles. The summed E-state index contributed by atoms with van der Waals surface area (Å²) in [5, 5.41) is 2.94. The molecule has 0 aliphatic carbocycles. The maximum atomic E-state index is 12.8. The first-order chi connectivity index (χ1) is 11.5. The third kappa shape index (κ3) is 3.78. The van der Waals surface area contributed by atoms with Gasteiger partial charge in [0.1, 0.15) is 12.1 Å². The van der Waals surface area contributed by atoms with Gasteiger partial charge in [-0.05, 0) is 24.4 Å². The SMILES string of the molecule is CC(C)CCN1CCN2C(=O)[C@@H](Cc3ccccc3)NC(=O)[C@H]2C1. The number of fused-ring (bicyclic) bond motifs is 1. The minimum absolute atomic E-state index is 0.00946. The maximum Gasteiger partial charge on any atom is 0.246 e. The fraction of sp³-hybridized carbons (Fsp3) is 0.579. The summed E-state index contributed by atoms with van der Waals surface area (Å²) in [5.41, 5.74) is 1.07. The molecule has 0 bridgehead atoms. The van der Waals surface area contributed by atoms with Crippen LogP contribution in [0, 0.1) is 5.92 Å². The van der Waals surface area contributed by atoms with Gasteiger partial charge in [0, 0.05) is 26.1 Å². The van der Waals surface area contributed by atoms with Gasteiger partial charge in [-0.1, -0.05) is 44.2 Å². The molecule has 2 saturated heterocycles. The molecule has 0 saturated carbocycles. The first kappa shape index (κ1) is 17.0. The third-order valence-corrected chi connectivity index (χ3v) is 4.97. The Morgan fingerprint density at radius 3 is 2.62 bits per heavy atom. The van der Waals surface area contributed by atoms with Gasteiger partial charge in [-0.2, -0.15) is 0 Å². The lowest BCUT2D eigenvalue weighted by Crippen LogP contribution is -2.69. The number of nitrogens with zero attached hydrogens (tertiary/aromatic N) is 2. The highest BCUT2D eigenvalue weighted by Crippen LogP contribution is 2.19. The number of hydrogen-bond acceptors (Lipinski definition) is 3. The van der Waals surface area contributed by atoms with Crippen molar-refractivity contribution in [1.82, 2.24) is 15.1 Å². The van der Waals surface area contributed by atoms with Crippen LogP contribution in [-0.2, 0) is 16.0 Å². The summed E-state index contributed by atoms with van der Waals surface area (Å²) >= 11 is 0. The molecule has 0 spiro atoms. The van der Waals surface area contributed by atoms with E-state index in [-0.39, 0.29) is 17.9 Å². The van der Waals surface area contributed by atoms with Gasteiger partial charge in [0.25, 0.3) is 0 Å². The van der Waals surface area contributed by atoms with Crippen molar-refractivity contribution in [1.29, 1.82) is 0 Å². The lowest BCUT2D eigenvalue weighted by molar-refractivity contribution is -0.152. The van der Waals surface area contributed by atoms with E-state index < -0.39 is 6.04 Å². The Balaban J connectivity index is 1.63. The molecule has 2 amide bonds. The Bertz CT molecular complexity index is 588. The minimum atomic E-state index is -0.432. The molecule has 2 heterocycles. The number of carbonyl (C=O) groups is 2. The van der Waals surface area contributed by atoms with Crippen LogP contribution in [0.1, 0.15) is 25.8 Å². The highest BCUT2D eigenvalue weighted by molar-refractivity contribution is 5.97. The highest BCUT2D eigenvalue weighted by atomic mass is 16.2. The lowest BCUT2D eigenvalue weighted by Gasteiger charge is -2.45. The number of amides is 2. The fourth-order valence-corrected chi connectivity index (χ4v) is 3.49. The van der Waals surface area contributed by atoms with E-state index in [1.165, 1.54) is 0 Å². The van der Waals surface area contributed by atoms with Crippen LogP contribution in [0.15, 0.2) is 30.3 Å². The smallest absolute Gasteiger partial charge is 0.246 e. The molecule has 3 rings (SSSR count). The summed E-state index contributed by atoms with van der Waals surface area (Å²) in [5.74, 6) is 0.705. The Hall–Kier alpha value is -1.88. The Morgan fingerprint density at radius 2 is 1.92 bits per heavy atom. The fourth-order valence-electron chi connectivity index (χ4n) is 3.49. The monoisotopic (exact) mass is 329 g/mol. The third-order valence-electron chi connectivity index (χ3n) is 4.97. The highest BCUT2D eigenvalue weighted by Gasteiger charge is 2.43. The zero-order valence-electron chi connectivity index (χ0n) is 14.6. The van der Waals surface area contributed by atoms with Crippen molar-refractivity contribution in [3.05, 3.63) is 35.9 Å². The second-order valence-corrected chi connectivity index (χ2v) is 7.28. The van der Waals surface area contributed by atoms with Crippen molar-refractivity contribution in [2.45, 2.75) is 38.8 Å². The van der Waals surface area contributed by atoms with Crippen molar-refractivity contribution < 1.29 is 9.59 Å². The van der Waals surface area contributed by atoms with E-state index in [4.69, 9.17) is 0 Å². The predicted molar refractivity (Wildman–Crippen MR) is 93.5 cm³/mol. The van der Waals surface area contributed by atoms with Crippen molar-refractivity contribution in [2.75, 3.05) is 26.2 Å². The van der Waals surface area contributed by atoms with Crippen molar-refractivity contribution in [3.63, 3.8) is 0 Å². The zero-order valence-corrected chi connectivity index (χ0v) is 14.6. The lowest BCUT2D eigenvalue weighted by atomic mass is 9.98. The van der Waals surface area contributed by atoms with Crippen molar-refractivity contribution in [3.8, 4) is 0 Å². The summed E-state index contributed by atoms with van der Waals surface area (Å²) in [6, 6.07) is 9.10. The van der Waals surface area contributed by atoms with Gasteiger partial charge in [0.05, 0.1) is 0 Å². The Labute approximate surface area is 144 Å². The largest absolute Gasteiger partial charge is 0.342 e. The molecular weight excluding hydrogens is 302 g/mol. The molecule has 1 N–H and O–H groups in total. The van der Waals surface area contributed by atoms with E-state index in [2.05, 4.69) is 24.1 Å². The van der Waals surface area contributed by atoms with Crippen molar-refractivity contribution >= 4 is 11.8 Å². The van der Waals surface area contributed by atoms with Crippen LogP contribution in [-0.4, -0.2) is 59.9 Å². The average molecular weight is 329 g/mol. The molecule has 2 atom stereocenters. The van der Waals surface area contributed by atoms with Gasteiger partial charge in [-0.25, -0.2) is 0 Å². The molecule has 5 heteroatoms. The Kier molecular flexibility index (Phi) is 5.19. The van der Waals surface area contributed by atoms with E-state index >= 15 is 0 Å². The van der Waals surface area contributed by atoms with E-state index in [1.807, 2.05) is 30.3 Å². The number of hydrogen-bond donors (Lipinski definition) is 1. The molecule has 0 radical (unpaired) electrons. The van der Waals surface area contributed by atoms with Gasteiger partial charge < -0.3 is 10.2 Å². The summed E-state index contributed by atoms with van der Waals surface area (Å²) in [6.45, 7) is 7.59. The van der Waals surface area contributed by atoms with Gasteiger partial charge in [-0.3, -0.25) is 14.5 Å². The van der Waals surface area contributed by atoms with E-state index in [0.717, 1.165) is 25.1 Å². The zero-order chi connectivity index (χ0) is 17.1.